The Bertz CT molecular complexity index is 648. The monoisotopic (exact) mass is 322 g/mol. The molecule has 0 atom stereocenters. The zero-order valence-corrected chi connectivity index (χ0v) is 14.9. The number of hydrogen-bond donors (Lipinski definition) is 1. The lowest BCUT2D eigenvalue weighted by atomic mass is 9.67. The van der Waals surface area contributed by atoms with Gasteiger partial charge < -0.3 is 5.11 Å². The van der Waals surface area contributed by atoms with E-state index in [4.69, 9.17) is 0 Å². The van der Waals surface area contributed by atoms with E-state index in [1.165, 1.54) is 0 Å². The van der Waals surface area contributed by atoms with Gasteiger partial charge >= 0.3 is 5.97 Å². The van der Waals surface area contributed by atoms with Crippen molar-refractivity contribution in [2.24, 2.45) is 17.3 Å². The van der Waals surface area contributed by atoms with Gasteiger partial charge in [0.1, 0.15) is 0 Å². The summed E-state index contributed by atoms with van der Waals surface area (Å²) >= 11 is 0. The van der Waals surface area contributed by atoms with Crippen LogP contribution >= 0.6 is 0 Å². The molecule has 0 saturated heterocycles. The van der Waals surface area contributed by atoms with Gasteiger partial charge in [0.05, 0.1) is 5.41 Å². The number of carboxylic acids is 1. The molecule has 0 aliphatic rings. The number of hydrogen-bond acceptors (Lipinski definition) is 1. The molecule has 0 aliphatic carbocycles. The third-order valence-electron chi connectivity index (χ3n) is 4.83. The molecule has 2 rings (SSSR count). The van der Waals surface area contributed by atoms with Crippen LogP contribution in [0.1, 0.15) is 38.8 Å². The van der Waals surface area contributed by atoms with Crippen LogP contribution in [-0.2, 0) is 4.79 Å². The predicted molar refractivity (Wildman–Crippen MR) is 99.7 cm³/mol. The Morgan fingerprint density at radius 1 is 0.833 bits per heavy atom. The van der Waals surface area contributed by atoms with Crippen molar-refractivity contribution in [1.82, 2.24) is 0 Å². The van der Waals surface area contributed by atoms with Gasteiger partial charge in [-0.1, -0.05) is 94.4 Å². The van der Waals surface area contributed by atoms with E-state index in [0.717, 1.165) is 16.7 Å². The van der Waals surface area contributed by atoms with Crippen molar-refractivity contribution >= 4 is 11.5 Å². The van der Waals surface area contributed by atoms with Gasteiger partial charge in [-0.15, -0.1) is 0 Å². The van der Waals surface area contributed by atoms with Gasteiger partial charge in [-0.25, -0.2) is 0 Å². The normalized spacial score (nSPS) is 11.6. The first-order chi connectivity index (χ1) is 11.4. The van der Waals surface area contributed by atoms with Gasteiger partial charge in [0.25, 0.3) is 0 Å². The zero-order chi connectivity index (χ0) is 17.7. The Balaban J connectivity index is 2.74. The maximum absolute atomic E-state index is 12.3. The molecule has 1 N–H and O–H groups in total. The quantitative estimate of drug-likeness (QED) is 0.762. The SMILES string of the molecule is CC(C)C(C=C(c1ccccc1)c1ccccc1)(C(=O)O)C(C)C. The average molecular weight is 322 g/mol. The highest BCUT2D eigenvalue weighted by Gasteiger charge is 2.43. The van der Waals surface area contributed by atoms with E-state index >= 15 is 0 Å². The number of carbonyl (C=O) groups is 1. The van der Waals surface area contributed by atoms with Crippen LogP contribution in [0.5, 0.6) is 0 Å². The maximum atomic E-state index is 12.3. The van der Waals surface area contributed by atoms with Gasteiger partial charge in [0.15, 0.2) is 0 Å². The lowest BCUT2D eigenvalue weighted by Crippen LogP contribution is -2.39. The molecule has 0 heterocycles. The fourth-order valence-corrected chi connectivity index (χ4v) is 3.36. The van der Waals surface area contributed by atoms with Gasteiger partial charge in [-0.2, -0.15) is 0 Å². The summed E-state index contributed by atoms with van der Waals surface area (Å²) in [5, 5.41) is 10.1. The molecule has 2 aromatic carbocycles. The highest BCUT2D eigenvalue weighted by atomic mass is 16.4. The number of aliphatic carboxylic acids is 1. The van der Waals surface area contributed by atoms with Gasteiger partial charge in [0.2, 0.25) is 0 Å². The van der Waals surface area contributed by atoms with Crippen LogP contribution in [-0.4, -0.2) is 11.1 Å². The summed E-state index contributed by atoms with van der Waals surface area (Å²) in [5.74, 6) is -0.799. The lowest BCUT2D eigenvalue weighted by molar-refractivity contribution is -0.151. The molecule has 0 bridgehead atoms. The molecule has 0 spiro atoms. The topological polar surface area (TPSA) is 37.3 Å². The van der Waals surface area contributed by atoms with Crippen molar-refractivity contribution in [3.05, 3.63) is 77.9 Å². The van der Waals surface area contributed by atoms with E-state index in [9.17, 15) is 9.90 Å². The molecular formula is C22H26O2. The van der Waals surface area contributed by atoms with Crippen LogP contribution in [0.3, 0.4) is 0 Å². The minimum atomic E-state index is -0.916. The summed E-state index contributed by atoms with van der Waals surface area (Å²) in [5.41, 5.74) is 2.13. The van der Waals surface area contributed by atoms with E-state index in [1.54, 1.807) is 0 Å². The Labute approximate surface area is 144 Å². The first kappa shape index (κ1) is 18.0. The van der Waals surface area contributed by atoms with E-state index in [1.807, 2.05) is 94.4 Å². The third-order valence-corrected chi connectivity index (χ3v) is 4.83. The number of rotatable bonds is 6. The zero-order valence-electron chi connectivity index (χ0n) is 14.9. The Morgan fingerprint density at radius 3 is 1.50 bits per heavy atom. The van der Waals surface area contributed by atoms with Crippen LogP contribution in [0.4, 0.5) is 0 Å². The number of benzene rings is 2. The molecule has 24 heavy (non-hydrogen) atoms. The number of carboxylic acid groups (broad SMARTS) is 1. The lowest BCUT2D eigenvalue weighted by Gasteiger charge is -2.35. The molecule has 2 nitrogen and oxygen atoms in total. The van der Waals surface area contributed by atoms with Crippen LogP contribution in [0.2, 0.25) is 0 Å². The largest absolute Gasteiger partial charge is 0.481 e. The fourth-order valence-electron chi connectivity index (χ4n) is 3.36. The van der Waals surface area contributed by atoms with Crippen molar-refractivity contribution in [1.29, 1.82) is 0 Å². The molecule has 0 aliphatic heterocycles. The maximum Gasteiger partial charge on any atom is 0.314 e. The Kier molecular flexibility index (Phi) is 5.61. The van der Waals surface area contributed by atoms with E-state index < -0.39 is 11.4 Å². The third kappa shape index (κ3) is 3.43. The highest BCUT2D eigenvalue weighted by Crippen LogP contribution is 2.41. The summed E-state index contributed by atoms with van der Waals surface area (Å²) in [6.07, 6.45) is 1.97. The van der Waals surface area contributed by atoms with E-state index in [-0.39, 0.29) is 11.8 Å². The van der Waals surface area contributed by atoms with Crippen LogP contribution < -0.4 is 0 Å². The molecule has 0 fully saturated rings. The Morgan fingerprint density at radius 2 is 1.21 bits per heavy atom. The second-order valence-corrected chi connectivity index (χ2v) is 6.84. The van der Waals surface area contributed by atoms with Crippen molar-refractivity contribution in [3.8, 4) is 0 Å². The predicted octanol–water partition coefficient (Wildman–Crippen LogP) is 5.50. The molecular weight excluding hydrogens is 296 g/mol. The minimum Gasteiger partial charge on any atom is -0.481 e. The Hall–Kier alpha value is -2.35. The van der Waals surface area contributed by atoms with Crippen molar-refractivity contribution in [2.75, 3.05) is 0 Å². The second kappa shape index (κ2) is 7.48. The molecule has 2 aromatic rings. The standard InChI is InChI=1S/C22H26O2/c1-16(2)22(17(3)4,21(23)24)15-20(18-11-7-5-8-12-18)19-13-9-6-10-14-19/h5-17H,1-4H3,(H,23,24). The van der Waals surface area contributed by atoms with Crippen molar-refractivity contribution in [2.45, 2.75) is 27.7 Å². The summed E-state index contributed by atoms with van der Waals surface area (Å²) in [7, 11) is 0. The van der Waals surface area contributed by atoms with Crippen LogP contribution in [0.15, 0.2) is 66.7 Å². The van der Waals surface area contributed by atoms with Crippen molar-refractivity contribution < 1.29 is 9.90 Å². The molecule has 0 radical (unpaired) electrons. The van der Waals surface area contributed by atoms with Gasteiger partial charge in [0, 0.05) is 0 Å². The molecule has 2 heteroatoms. The van der Waals surface area contributed by atoms with Crippen LogP contribution in [0.25, 0.3) is 5.57 Å². The van der Waals surface area contributed by atoms with E-state index in [0.29, 0.717) is 0 Å². The summed E-state index contributed by atoms with van der Waals surface area (Å²) in [6.45, 7) is 7.94. The molecule has 0 saturated carbocycles. The summed E-state index contributed by atoms with van der Waals surface area (Å²) in [4.78, 5) is 12.3. The smallest absolute Gasteiger partial charge is 0.314 e. The van der Waals surface area contributed by atoms with Gasteiger partial charge in [-0.05, 0) is 28.5 Å². The first-order valence-electron chi connectivity index (χ1n) is 8.46. The molecule has 0 amide bonds. The first-order valence-corrected chi connectivity index (χ1v) is 8.46. The fraction of sp³-hybridized carbons (Fsp3) is 0.318. The highest BCUT2D eigenvalue weighted by molar-refractivity contribution is 5.86. The van der Waals surface area contributed by atoms with Gasteiger partial charge in [-0.3, -0.25) is 4.79 Å². The average Bonchev–Trinajstić information content (AvgIpc) is 2.56. The molecule has 0 aromatic heterocycles. The minimum absolute atomic E-state index is 0.0163. The molecule has 126 valence electrons. The second-order valence-electron chi connectivity index (χ2n) is 6.84. The summed E-state index contributed by atoms with van der Waals surface area (Å²) in [6, 6.07) is 20.0. The van der Waals surface area contributed by atoms with E-state index in [2.05, 4.69) is 0 Å². The van der Waals surface area contributed by atoms with Crippen LogP contribution in [0, 0.1) is 17.3 Å². The molecule has 0 unspecified atom stereocenters. The summed E-state index contributed by atoms with van der Waals surface area (Å²) < 4.78 is 0. The van der Waals surface area contributed by atoms with Crippen molar-refractivity contribution in [3.63, 3.8) is 0 Å².